The number of rotatable bonds is 7. The van der Waals surface area contributed by atoms with Gasteiger partial charge in [-0.25, -0.2) is 4.98 Å². The van der Waals surface area contributed by atoms with Crippen LogP contribution < -0.4 is 10.6 Å². The van der Waals surface area contributed by atoms with Gasteiger partial charge in [0.15, 0.2) is 0 Å². The Hall–Kier alpha value is -2.18. The number of anilines is 2. The zero-order chi connectivity index (χ0) is 15.3. The van der Waals surface area contributed by atoms with Crippen molar-refractivity contribution in [2.75, 3.05) is 17.2 Å². The molecule has 7 nitrogen and oxygen atoms in total. The van der Waals surface area contributed by atoms with Gasteiger partial charge < -0.3 is 10.6 Å². The maximum atomic E-state index is 4.47. The number of hydrogen-bond donors (Lipinski definition) is 2. The zero-order valence-corrected chi connectivity index (χ0v) is 13.1. The van der Waals surface area contributed by atoms with Gasteiger partial charge in [0.1, 0.15) is 6.33 Å². The lowest BCUT2D eigenvalue weighted by Gasteiger charge is -2.24. The fraction of sp³-hybridized carbons (Fsp3) is 0.571. The third kappa shape index (κ3) is 4.14. The van der Waals surface area contributed by atoms with E-state index in [-0.39, 0.29) is 5.54 Å². The highest BCUT2D eigenvalue weighted by Crippen LogP contribution is 2.16. The standard InChI is InChI=1S/C14H23N7/c1-5-7-16-11-17-12(20-14(3,4)6-2)19-13(18-11)21-9-8-15-10-21/h8-10H,5-7H2,1-4H3,(H2,16,17,18,19,20). The van der Waals surface area contributed by atoms with E-state index in [4.69, 9.17) is 0 Å². The van der Waals surface area contributed by atoms with Crippen molar-refractivity contribution >= 4 is 11.9 Å². The molecule has 0 spiro atoms. The molecule has 114 valence electrons. The van der Waals surface area contributed by atoms with Crippen LogP contribution in [0.3, 0.4) is 0 Å². The van der Waals surface area contributed by atoms with Gasteiger partial charge in [0.25, 0.3) is 0 Å². The highest BCUT2D eigenvalue weighted by atomic mass is 15.3. The monoisotopic (exact) mass is 289 g/mol. The molecule has 2 rings (SSSR count). The van der Waals surface area contributed by atoms with Gasteiger partial charge in [-0.15, -0.1) is 0 Å². The summed E-state index contributed by atoms with van der Waals surface area (Å²) in [6.07, 6.45) is 7.17. The largest absolute Gasteiger partial charge is 0.354 e. The van der Waals surface area contributed by atoms with E-state index >= 15 is 0 Å². The first-order chi connectivity index (χ1) is 10.0. The summed E-state index contributed by atoms with van der Waals surface area (Å²) in [5, 5.41) is 6.56. The van der Waals surface area contributed by atoms with Crippen molar-refractivity contribution in [3.63, 3.8) is 0 Å². The molecule has 0 aromatic carbocycles. The van der Waals surface area contributed by atoms with E-state index < -0.39 is 0 Å². The molecule has 0 radical (unpaired) electrons. The van der Waals surface area contributed by atoms with Gasteiger partial charge in [0.05, 0.1) is 0 Å². The number of imidazole rings is 1. The van der Waals surface area contributed by atoms with Crippen molar-refractivity contribution < 1.29 is 0 Å². The smallest absolute Gasteiger partial charge is 0.241 e. The Morgan fingerprint density at radius 2 is 1.90 bits per heavy atom. The second-order valence-electron chi connectivity index (χ2n) is 5.54. The quantitative estimate of drug-likeness (QED) is 0.815. The summed E-state index contributed by atoms with van der Waals surface area (Å²) in [6.45, 7) is 9.29. The van der Waals surface area contributed by atoms with Crippen LogP contribution in [0.5, 0.6) is 0 Å². The summed E-state index contributed by atoms with van der Waals surface area (Å²) in [5.74, 6) is 1.69. The van der Waals surface area contributed by atoms with E-state index in [2.05, 4.69) is 58.3 Å². The SMILES string of the molecule is CCCNc1nc(NC(C)(C)CC)nc(-n2ccnc2)n1. The van der Waals surface area contributed by atoms with Crippen molar-refractivity contribution in [1.29, 1.82) is 0 Å². The van der Waals surface area contributed by atoms with Crippen molar-refractivity contribution in [2.45, 2.75) is 46.1 Å². The number of nitrogens with zero attached hydrogens (tertiary/aromatic N) is 5. The van der Waals surface area contributed by atoms with Gasteiger partial charge in [0.2, 0.25) is 17.8 Å². The molecule has 21 heavy (non-hydrogen) atoms. The van der Waals surface area contributed by atoms with E-state index in [1.807, 2.05) is 6.20 Å². The Morgan fingerprint density at radius 3 is 2.52 bits per heavy atom. The highest BCUT2D eigenvalue weighted by molar-refractivity contribution is 5.39. The lowest BCUT2D eigenvalue weighted by Crippen LogP contribution is -2.31. The maximum absolute atomic E-state index is 4.47. The number of aromatic nitrogens is 5. The molecular weight excluding hydrogens is 266 g/mol. The maximum Gasteiger partial charge on any atom is 0.241 e. The second kappa shape index (κ2) is 6.51. The highest BCUT2D eigenvalue weighted by Gasteiger charge is 2.17. The van der Waals surface area contributed by atoms with Crippen LogP contribution in [-0.4, -0.2) is 36.6 Å². The third-order valence-corrected chi connectivity index (χ3v) is 3.23. The van der Waals surface area contributed by atoms with Gasteiger partial charge in [-0.1, -0.05) is 13.8 Å². The molecule has 2 aromatic rings. The summed E-state index contributed by atoms with van der Waals surface area (Å²) in [4.78, 5) is 17.4. The molecule has 2 heterocycles. The van der Waals surface area contributed by atoms with E-state index in [9.17, 15) is 0 Å². The van der Waals surface area contributed by atoms with Gasteiger partial charge in [0, 0.05) is 24.5 Å². The van der Waals surface area contributed by atoms with E-state index in [0.717, 1.165) is 19.4 Å². The van der Waals surface area contributed by atoms with Gasteiger partial charge in [-0.3, -0.25) is 4.57 Å². The summed E-state index contributed by atoms with van der Waals surface area (Å²) < 4.78 is 1.77. The second-order valence-corrected chi connectivity index (χ2v) is 5.54. The van der Waals surface area contributed by atoms with E-state index in [1.165, 1.54) is 0 Å². The van der Waals surface area contributed by atoms with Crippen LogP contribution in [-0.2, 0) is 0 Å². The Kier molecular flexibility index (Phi) is 4.72. The van der Waals surface area contributed by atoms with E-state index in [1.54, 1.807) is 17.1 Å². The van der Waals surface area contributed by atoms with Crippen molar-refractivity contribution in [3.05, 3.63) is 18.7 Å². The van der Waals surface area contributed by atoms with Crippen molar-refractivity contribution in [2.24, 2.45) is 0 Å². The molecule has 0 unspecified atom stereocenters. The fourth-order valence-electron chi connectivity index (χ4n) is 1.62. The van der Waals surface area contributed by atoms with Crippen LogP contribution in [0.15, 0.2) is 18.7 Å². The number of hydrogen-bond acceptors (Lipinski definition) is 6. The molecule has 0 aliphatic rings. The minimum Gasteiger partial charge on any atom is -0.354 e. The van der Waals surface area contributed by atoms with Crippen molar-refractivity contribution in [1.82, 2.24) is 24.5 Å². The van der Waals surface area contributed by atoms with Crippen LogP contribution in [0.1, 0.15) is 40.5 Å². The predicted molar refractivity (Wildman–Crippen MR) is 83.7 cm³/mol. The molecule has 0 bridgehead atoms. The Labute approximate surface area is 125 Å². The predicted octanol–water partition coefficient (Wildman–Crippen LogP) is 2.48. The molecule has 0 amide bonds. The van der Waals surface area contributed by atoms with Crippen LogP contribution >= 0.6 is 0 Å². The van der Waals surface area contributed by atoms with Crippen LogP contribution in [0.4, 0.5) is 11.9 Å². The lowest BCUT2D eigenvalue weighted by atomic mass is 10.0. The minimum absolute atomic E-state index is 0.0738. The Bertz CT molecular complexity index is 563. The van der Waals surface area contributed by atoms with E-state index in [0.29, 0.717) is 17.8 Å². The molecule has 7 heteroatoms. The summed E-state index contributed by atoms with van der Waals surface area (Å²) >= 11 is 0. The lowest BCUT2D eigenvalue weighted by molar-refractivity contribution is 0.541. The number of nitrogens with one attached hydrogen (secondary N) is 2. The van der Waals surface area contributed by atoms with Crippen LogP contribution in [0, 0.1) is 0 Å². The van der Waals surface area contributed by atoms with Crippen LogP contribution in [0.25, 0.3) is 5.95 Å². The topological polar surface area (TPSA) is 80.5 Å². The zero-order valence-electron chi connectivity index (χ0n) is 13.1. The molecular formula is C14H23N7. The van der Waals surface area contributed by atoms with Gasteiger partial charge >= 0.3 is 0 Å². The first-order valence-corrected chi connectivity index (χ1v) is 7.30. The Morgan fingerprint density at radius 1 is 1.14 bits per heavy atom. The first-order valence-electron chi connectivity index (χ1n) is 7.30. The van der Waals surface area contributed by atoms with Crippen LogP contribution in [0.2, 0.25) is 0 Å². The summed E-state index contributed by atoms with van der Waals surface area (Å²) in [5.41, 5.74) is -0.0738. The molecule has 0 saturated carbocycles. The van der Waals surface area contributed by atoms with Crippen molar-refractivity contribution in [3.8, 4) is 5.95 Å². The third-order valence-electron chi connectivity index (χ3n) is 3.23. The molecule has 0 saturated heterocycles. The summed E-state index contributed by atoms with van der Waals surface area (Å²) in [7, 11) is 0. The molecule has 0 aliphatic carbocycles. The normalized spacial score (nSPS) is 11.4. The first kappa shape index (κ1) is 15.2. The molecule has 0 atom stereocenters. The van der Waals surface area contributed by atoms with Gasteiger partial charge in [-0.05, 0) is 26.7 Å². The molecule has 0 aliphatic heterocycles. The molecule has 2 aromatic heterocycles. The minimum atomic E-state index is -0.0738. The summed E-state index contributed by atoms with van der Waals surface area (Å²) in [6, 6.07) is 0. The molecule has 0 fully saturated rings. The average Bonchev–Trinajstić information content (AvgIpc) is 2.98. The van der Waals surface area contributed by atoms with Gasteiger partial charge in [-0.2, -0.15) is 15.0 Å². The fourth-order valence-corrected chi connectivity index (χ4v) is 1.62. The Balaban J connectivity index is 2.33. The molecule has 2 N–H and O–H groups in total. The average molecular weight is 289 g/mol.